The Kier molecular flexibility index (Phi) is 3.81. The van der Waals surface area contributed by atoms with Crippen molar-refractivity contribution in [1.29, 1.82) is 0 Å². The average Bonchev–Trinajstić information content (AvgIpc) is 2.56. The molecule has 0 aromatic rings. The molecular formula is C13H24N2. The molecule has 2 atom stereocenters. The molecule has 2 heteroatoms. The summed E-state index contributed by atoms with van der Waals surface area (Å²) in [5, 5.41) is 0. The van der Waals surface area contributed by atoms with Gasteiger partial charge >= 0.3 is 0 Å². The molecule has 0 aromatic heterocycles. The van der Waals surface area contributed by atoms with Crippen LogP contribution in [0, 0.1) is 0 Å². The molecule has 0 N–H and O–H groups in total. The summed E-state index contributed by atoms with van der Waals surface area (Å²) in [5.41, 5.74) is 0. The fourth-order valence-corrected chi connectivity index (χ4v) is 3.03. The zero-order chi connectivity index (χ0) is 10.7. The molecule has 0 amide bonds. The largest absolute Gasteiger partial charge is 0.299 e. The van der Waals surface area contributed by atoms with Crippen LogP contribution in [0.3, 0.4) is 0 Å². The zero-order valence-corrected chi connectivity index (χ0v) is 9.99. The van der Waals surface area contributed by atoms with Gasteiger partial charge in [-0.2, -0.15) is 0 Å². The molecule has 86 valence electrons. The predicted octanol–water partition coefficient (Wildman–Crippen LogP) is 2.12. The van der Waals surface area contributed by atoms with Crippen LogP contribution in [0.4, 0.5) is 0 Å². The van der Waals surface area contributed by atoms with Crippen molar-refractivity contribution in [2.75, 3.05) is 26.2 Å². The topological polar surface area (TPSA) is 6.48 Å². The summed E-state index contributed by atoms with van der Waals surface area (Å²) >= 11 is 0. The molecule has 2 saturated heterocycles. The second-order valence-electron chi connectivity index (χ2n) is 5.05. The van der Waals surface area contributed by atoms with Crippen LogP contribution in [-0.4, -0.2) is 48.1 Å². The lowest BCUT2D eigenvalue weighted by atomic mass is 10.1. The first kappa shape index (κ1) is 11.2. The van der Waals surface area contributed by atoms with Gasteiger partial charge in [0.15, 0.2) is 0 Å². The summed E-state index contributed by atoms with van der Waals surface area (Å²) in [7, 11) is 0. The van der Waals surface area contributed by atoms with Crippen molar-refractivity contribution in [3.63, 3.8) is 0 Å². The fourth-order valence-electron chi connectivity index (χ4n) is 3.03. The molecule has 2 aliphatic rings. The first-order chi connectivity index (χ1) is 7.31. The normalized spacial score (nSPS) is 30.9. The Morgan fingerprint density at radius 3 is 2.93 bits per heavy atom. The molecule has 15 heavy (non-hydrogen) atoms. The fraction of sp³-hybridized carbons (Fsp3) is 0.846. The summed E-state index contributed by atoms with van der Waals surface area (Å²) in [6, 6.07) is 1.53. The second kappa shape index (κ2) is 5.13. The van der Waals surface area contributed by atoms with Crippen molar-refractivity contribution in [2.24, 2.45) is 0 Å². The van der Waals surface area contributed by atoms with Gasteiger partial charge in [0.2, 0.25) is 0 Å². The highest BCUT2D eigenvalue weighted by molar-refractivity contribution is 4.87. The van der Waals surface area contributed by atoms with Gasteiger partial charge in [-0.1, -0.05) is 6.08 Å². The van der Waals surface area contributed by atoms with Crippen LogP contribution < -0.4 is 0 Å². The van der Waals surface area contributed by atoms with Crippen molar-refractivity contribution < 1.29 is 0 Å². The maximum absolute atomic E-state index is 3.85. The lowest BCUT2D eigenvalue weighted by Gasteiger charge is -2.30. The molecule has 0 aliphatic carbocycles. The predicted molar refractivity (Wildman–Crippen MR) is 65.1 cm³/mol. The van der Waals surface area contributed by atoms with E-state index >= 15 is 0 Å². The van der Waals surface area contributed by atoms with E-state index in [0.29, 0.717) is 6.04 Å². The van der Waals surface area contributed by atoms with Crippen molar-refractivity contribution in [3.8, 4) is 0 Å². The van der Waals surface area contributed by atoms with Crippen LogP contribution in [0.2, 0.25) is 0 Å². The van der Waals surface area contributed by atoms with Gasteiger partial charge in [-0.05, 0) is 52.2 Å². The third-order valence-electron chi connectivity index (χ3n) is 3.97. The van der Waals surface area contributed by atoms with E-state index in [-0.39, 0.29) is 0 Å². The van der Waals surface area contributed by atoms with Gasteiger partial charge in [0.05, 0.1) is 0 Å². The van der Waals surface area contributed by atoms with Gasteiger partial charge < -0.3 is 0 Å². The lowest BCUT2D eigenvalue weighted by Crippen LogP contribution is -2.40. The van der Waals surface area contributed by atoms with Crippen LogP contribution in [0.15, 0.2) is 12.7 Å². The van der Waals surface area contributed by atoms with Crippen LogP contribution in [-0.2, 0) is 0 Å². The van der Waals surface area contributed by atoms with Gasteiger partial charge in [-0.15, -0.1) is 6.58 Å². The Bertz CT molecular complexity index is 215. The van der Waals surface area contributed by atoms with E-state index in [4.69, 9.17) is 0 Å². The Morgan fingerprint density at radius 2 is 2.13 bits per heavy atom. The molecule has 2 nitrogen and oxygen atoms in total. The van der Waals surface area contributed by atoms with Crippen LogP contribution in [0.25, 0.3) is 0 Å². The van der Waals surface area contributed by atoms with Crippen molar-refractivity contribution >= 4 is 0 Å². The van der Waals surface area contributed by atoms with Crippen LogP contribution >= 0.6 is 0 Å². The van der Waals surface area contributed by atoms with Crippen molar-refractivity contribution in [1.82, 2.24) is 9.80 Å². The molecule has 2 fully saturated rings. The van der Waals surface area contributed by atoms with Gasteiger partial charge in [0.1, 0.15) is 0 Å². The number of nitrogens with zero attached hydrogens (tertiary/aromatic N) is 2. The Labute approximate surface area is 93.9 Å². The maximum Gasteiger partial charge on any atom is 0.0223 e. The first-order valence-corrected chi connectivity index (χ1v) is 6.40. The van der Waals surface area contributed by atoms with E-state index in [1.807, 2.05) is 0 Å². The van der Waals surface area contributed by atoms with E-state index in [2.05, 4.69) is 29.4 Å². The van der Waals surface area contributed by atoms with E-state index < -0.39 is 0 Å². The van der Waals surface area contributed by atoms with E-state index in [9.17, 15) is 0 Å². The molecule has 0 saturated carbocycles. The first-order valence-electron chi connectivity index (χ1n) is 6.40. The van der Waals surface area contributed by atoms with Crippen LogP contribution in [0.5, 0.6) is 0 Å². The highest BCUT2D eigenvalue weighted by atomic mass is 15.3. The maximum atomic E-state index is 3.85. The summed E-state index contributed by atoms with van der Waals surface area (Å²) in [6.07, 6.45) is 7.36. The molecule has 0 bridgehead atoms. The van der Waals surface area contributed by atoms with Gasteiger partial charge in [-0.25, -0.2) is 0 Å². The summed E-state index contributed by atoms with van der Waals surface area (Å²) in [4.78, 5) is 5.36. The molecular weight excluding hydrogens is 184 g/mol. The molecule has 2 rings (SSSR count). The number of fused-ring (bicyclic) bond motifs is 1. The quantitative estimate of drug-likeness (QED) is 0.656. The molecule has 2 heterocycles. The number of rotatable bonds is 3. The summed E-state index contributed by atoms with van der Waals surface area (Å²) < 4.78 is 0. The minimum absolute atomic E-state index is 0.683. The van der Waals surface area contributed by atoms with Crippen molar-refractivity contribution in [2.45, 2.75) is 44.7 Å². The molecule has 0 aromatic carbocycles. The van der Waals surface area contributed by atoms with Crippen molar-refractivity contribution in [3.05, 3.63) is 12.7 Å². The Balaban J connectivity index is 1.92. The third-order valence-corrected chi connectivity index (χ3v) is 3.97. The average molecular weight is 208 g/mol. The Morgan fingerprint density at radius 1 is 1.33 bits per heavy atom. The lowest BCUT2D eigenvalue weighted by molar-refractivity contribution is 0.182. The number of hydrogen-bond acceptors (Lipinski definition) is 2. The van der Waals surface area contributed by atoms with Gasteiger partial charge in [0, 0.05) is 18.6 Å². The molecule has 0 radical (unpaired) electrons. The minimum atomic E-state index is 0.683. The molecule has 2 aliphatic heterocycles. The molecule has 0 spiro atoms. The van der Waals surface area contributed by atoms with Gasteiger partial charge in [-0.3, -0.25) is 9.80 Å². The summed E-state index contributed by atoms with van der Waals surface area (Å²) in [6.45, 7) is 11.4. The van der Waals surface area contributed by atoms with E-state index in [1.165, 1.54) is 45.4 Å². The highest BCUT2D eigenvalue weighted by Gasteiger charge is 2.29. The summed E-state index contributed by atoms with van der Waals surface area (Å²) in [5.74, 6) is 0. The minimum Gasteiger partial charge on any atom is -0.299 e. The molecule has 2 unspecified atom stereocenters. The highest BCUT2D eigenvalue weighted by Crippen LogP contribution is 2.22. The van der Waals surface area contributed by atoms with Gasteiger partial charge in [0.25, 0.3) is 0 Å². The SMILES string of the molecule is C=CCC(C)N1CCCN2CCCC2C1. The second-order valence-corrected chi connectivity index (χ2v) is 5.05. The third kappa shape index (κ3) is 2.61. The number of hydrogen-bond donors (Lipinski definition) is 0. The zero-order valence-electron chi connectivity index (χ0n) is 9.99. The Hall–Kier alpha value is -0.340. The standard InChI is InChI=1S/C13H24N2/c1-3-6-12(2)15-10-5-9-14-8-4-7-13(14)11-15/h3,12-13H,1,4-11H2,2H3. The monoisotopic (exact) mass is 208 g/mol. The smallest absolute Gasteiger partial charge is 0.0223 e. The van der Waals surface area contributed by atoms with Crippen LogP contribution in [0.1, 0.15) is 32.6 Å². The van der Waals surface area contributed by atoms with E-state index in [1.54, 1.807) is 0 Å². The van der Waals surface area contributed by atoms with E-state index in [0.717, 1.165) is 12.5 Å².